The summed E-state index contributed by atoms with van der Waals surface area (Å²) >= 11 is 3.68. The van der Waals surface area contributed by atoms with Crippen LogP contribution in [0.5, 0.6) is 0 Å². The predicted octanol–water partition coefficient (Wildman–Crippen LogP) is 3.73. The van der Waals surface area contributed by atoms with Crippen LogP contribution in [0.15, 0.2) is 24.3 Å². The van der Waals surface area contributed by atoms with Crippen molar-refractivity contribution in [3.8, 4) is 0 Å². The largest absolute Gasteiger partial charge is 0.382 e. The average molecular weight is 271 g/mol. The van der Waals surface area contributed by atoms with Gasteiger partial charge in [-0.05, 0) is 32.3 Å². The fraction of sp³-hybridized carbons (Fsp3) is 0.538. The summed E-state index contributed by atoms with van der Waals surface area (Å²) in [7, 11) is 0. The van der Waals surface area contributed by atoms with Crippen molar-refractivity contribution in [1.82, 2.24) is 0 Å². The van der Waals surface area contributed by atoms with Gasteiger partial charge in [0, 0.05) is 18.0 Å². The van der Waals surface area contributed by atoms with Crippen molar-refractivity contribution in [1.29, 1.82) is 0 Å². The molecule has 0 spiro atoms. The van der Waals surface area contributed by atoms with Crippen LogP contribution in [0.2, 0.25) is 0 Å². The van der Waals surface area contributed by atoms with Crippen LogP contribution in [0.25, 0.3) is 0 Å². The molecule has 1 unspecified atom stereocenters. The molecule has 1 atom stereocenters. The van der Waals surface area contributed by atoms with Crippen molar-refractivity contribution in [3.63, 3.8) is 0 Å². The van der Waals surface area contributed by atoms with Gasteiger partial charge in [-0.25, -0.2) is 0 Å². The first-order valence-corrected chi connectivity index (χ1v) is 6.41. The van der Waals surface area contributed by atoms with Crippen molar-refractivity contribution in [2.24, 2.45) is 0 Å². The maximum Gasteiger partial charge on any atom is 0.0476 e. The van der Waals surface area contributed by atoms with E-state index >= 15 is 0 Å². The van der Waals surface area contributed by atoms with Crippen LogP contribution in [-0.2, 0) is 11.2 Å². The Bertz CT molecular complexity index is 268. The molecule has 1 nitrogen and oxygen atoms in total. The molecule has 0 aliphatic heterocycles. The Hall–Kier alpha value is -0.340. The summed E-state index contributed by atoms with van der Waals surface area (Å²) in [5.41, 5.74) is 2.71. The summed E-state index contributed by atoms with van der Waals surface area (Å²) in [4.78, 5) is 0.520. The molecule has 0 fully saturated rings. The zero-order valence-electron chi connectivity index (χ0n) is 9.50. The minimum absolute atomic E-state index is 0.520. The van der Waals surface area contributed by atoms with Gasteiger partial charge in [0.05, 0.1) is 0 Å². The van der Waals surface area contributed by atoms with E-state index in [1.165, 1.54) is 11.1 Å². The number of halogens is 1. The maximum atomic E-state index is 5.33. The quantitative estimate of drug-likeness (QED) is 0.566. The molecule has 84 valence electrons. The Labute approximate surface area is 101 Å². The number of aryl methyl sites for hydroxylation is 1. The third kappa shape index (κ3) is 5.33. The van der Waals surface area contributed by atoms with E-state index in [2.05, 4.69) is 47.1 Å². The molecule has 0 heterocycles. The summed E-state index contributed by atoms with van der Waals surface area (Å²) in [6.07, 6.45) is 2.15. The average Bonchev–Trinajstić information content (AvgIpc) is 2.22. The molecule has 0 saturated carbocycles. The Morgan fingerprint density at radius 2 is 1.93 bits per heavy atom. The molecule has 0 bridgehead atoms. The van der Waals surface area contributed by atoms with E-state index in [0.717, 1.165) is 26.1 Å². The lowest BCUT2D eigenvalue weighted by Crippen LogP contribution is -2.07. The SMILES string of the molecule is CCOCCC(Br)Cc1ccc(C)cc1. The van der Waals surface area contributed by atoms with E-state index < -0.39 is 0 Å². The van der Waals surface area contributed by atoms with E-state index in [9.17, 15) is 0 Å². The molecule has 0 aliphatic carbocycles. The topological polar surface area (TPSA) is 9.23 Å². The van der Waals surface area contributed by atoms with Gasteiger partial charge >= 0.3 is 0 Å². The Balaban J connectivity index is 2.31. The van der Waals surface area contributed by atoms with Crippen LogP contribution in [-0.4, -0.2) is 18.0 Å². The lowest BCUT2D eigenvalue weighted by atomic mass is 10.1. The minimum atomic E-state index is 0.520. The first kappa shape index (κ1) is 12.7. The summed E-state index contributed by atoms with van der Waals surface area (Å²) in [5.74, 6) is 0. The molecular weight excluding hydrogens is 252 g/mol. The van der Waals surface area contributed by atoms with E-state index in [1.807, 2.05) is 6.92 Å². The van der Waals surface area contributed by atoms with Gasteiger partial charge in [-0.1, -0.05) is 45.8 Å². The number of ether oxygens (including phenoxy) is 1. The van der Waals surface area contributed by atoms with Gasteiger partial charge in [-0.2, -0.15) is 0 Å². The summed E-state index contributed by atoms with van der Waals surface area (Å²) in [5, 5.41) is 0. The number of alkyl halides is 1. The minimum Gasteiger partial charge on any atom is -0.382 e. The van der Waals surface area contributed by atoms with Crippen molar-refractivity contribution in [3.05, 3.63) is 35.4 Å². The number of benzene rings is 1. The standard InChI is InChI=1S/C13H19BrO/c1-3-15-9-8-13(14)10-12-6-4-11(2)5-7-12/h4-7,13H,3,8-10H2,1-2H3. The molecule has 2 heteroatoms. The molecule has 0 aliphatic rings. The van der Waals surface area contributed by atoms with Crippen LogP contribution in [0, 0.1) is 6.92 Å². The molecule has 1 aromatic rings. The van der Waals surface area contributed by atoms with Crippen LogP contribution < -0.4 is 0 Å². The highest BCUT2D eigenvalue weighted by Gasteiger charge is 2.04. The van der Waals surface area contributed by atoms with E-state index in [-0.39, 0.29) is 0 Å². The molecule has 0 N–H and O–H groups in total. The highest BCUT2D eigenvalue weighted by molar-refractivity contribution is 9.09. The van der Waals surface area contributed by atoms with E-state index in [1.54, 1.807) is 0 Å². The summed E-state index contributed by atoms with van der Waals surface area (Å²) in [6, 6.07) is 8.73. The highest BCUT2D eigenvalue weighted by atomic mass is 79.9. The van der Waals surface area contributed by atoms with Crippen molar-refractivity contribution in [2.45, 2.75) is 31.5 Å². The molecule has 1 rings (SSSR count). The second-order valence-corrected chi connectivity index (χ2v) is 5.07. The Morgan fingerprint density at radius 1 is 1.27 bits per heavy atom. The third-order valence-corrected chi connectivity index (χ3v) is 3.14. The van der Waals surface area contributed by atoms with Crippen molar-refractivity contribution in [2.75, 3.05) is 13.2 Å². The zero-order chi connectivity index (χ0) is 11.1. The maximum absolute atomic E-state index is 5.33. The van der Waals surface area contributed by atoms with Gasteiger partial charge in [0.1, 0.15) is 0 Å². The second kappa shape index (κ2) is 7.02. The van der Waals surface area contributed by atoms with Crippen LogP contribution in [0.1, 0.15) is 24.5 Å². The zero-order valence-corrected chi connectivity index (χ0v) is 11.1. The molecular formula is C13H19BrO. The lowest BCUT2D eigenvalue weighted by molar-refractivity contribution is 0.145. The fourth-order valence-electron chi connectivity index (χ4n) is 1.44. The van der Waals surface area contributed by atoms with Gasteiger partial charge in [0.15, 0.2) is 0 Å². The number of hydrogen-bond acceptors (Lipinski definition) is 1. The molecule has 0 radical (unpaired) electrons. The lowest BCUT2D eigenvalue weighted by Gasteiger charge is -2.09. The number of rotatable bonds is 6. The van der Waals surface area contributed by atoms with Gasteiger partial charge in [-0.15, -0.1) is 0 Å². The van der Waals surface area contributed by atoms with E-state index in [4.69, 9.17) is 4.74 Å². The molecule has 15 heavy (non-hydrogen) atoms. The molecule has 0 amide bonds. The van der Waals surface area contributed by atoms with Crippen molar-refractivity contribution >= 4 is 15.9 Å². The van der Waals surface area contributed by atoms with Gasteiger partial charge in [0.25, 0.3) is 0 Å². The Kier molecular flexibility index (Phi) is 5.96. The van der Waals surface area contributed by atoms with Crippen LogP contribution in [0.4, 0.5) is 0 Å². The van der Waals surface area contributed by atoms with Crippen LogP contribution >= 0.6 is 15.9 Å². The first-order chi connectivity index (χ1) is 7.22. The molecule has 1 aromatic carbocycles. The summed E-state index contributed by atoms with van der Waals surface area (Å²) < 4.78 is 5.33. The first-order valence-electron chi connectivity index (χ1n) is 5.49. The van der Waals surface area contributed by atoms with E-state index in [0.29, 0.717) is 4.83 Å². The van der Waals surface area contributed by atoms with Crippen LogP contribution in [0.3, 0.4) is 0 Å². The Morgan fingerprint density at radius 3 is 2.53 bits per heavy atom. The number of hydrogen-bond donors (Lipinski definition) is 0. The highest BCUT2D eigenvalue weighted by Crippen LogP contribution is 2.14. The smallest absolute Gasteiger partial charge is 0.0476 e. The summed E-state index contributed by atoms with van der Waals surface area (Å²) in [6.45, 7) is 5.80. The predicted molar refractivity (Wildman–Crippen MR) is 68.7 cm³/mol. The second-order valence-electron chi connectivity index (χ2n) is 3.77. The van der Waals surface area contributed by atoms with Gasteiger partial charge in [-0.3, -0.25) is 0 Å². The molecule has 0 aromatic heterocycles. The third-order valence-electron chi connectivity index (χ3n) is 2.36. The van der Waals surface area contributed by atoms with Gasteiger partial charge < -0.3 is 4.74 Å². The van der Waals surface area contributed by atoms with Gasteiger partial charge in [0.2, 0.25) is 0 Å². The monoisotopic (exact) mass is 270 g/mol. The van der Waals surface area contributed by atoms with Crippen molar-refractivity contribution < 1.29 is 4.74 Å². The fourth-order valence-corrected chi connectivity index (χ4v) is 2.00. The normalized spacial score (nSPS) is 12.7. The molecule has 0 saturated heterocycles.